The number of nitrogens with one attached hydrogen (secondary N) is 1. The van der Waals surface area contributed by atoms with Crippen molar-refractivity contribution in [2.75, 3.05) is 5.32 Å². The molecule has 0 aliphatic carbocycles. The number of benzene rings is 2. The number of rotatable bonds is 3. The van der Waals surface area contributed by atoms with Crippen LogP contribution < -0.4 is 11.1 Å². The number of halogens is 3. The molecule has 6 heteroatoms. The fourth-order valence-corrected chi connectivity index (χ4v) is 1.87. The highest BCUT2D eigenvalue weighted by Gasteiger charge is 2.19. The summed E-state index contributed by atoms with van der Waals surface area (Å²) in [5.41, 5.74) is 5.24. The van der Waals surface area contributed by atoms with Crippen molar-refractivity contribution in [2.45, 2.75) is 13.5 Å². The molecular weight excluding hydrogens is 281 g/mol. The van der Waals surface area contributed by atoms with Crippen LogP contribution in [0.25, 0.3) is 0 Å². The number of carbonyl (C=O) groups is 1. The van der Waals surface area contributed by atoms with E-state index in [9.17, 15) is 18.0 Å². The fraction of sp³-hybridized carbons (Fsp3) is 0.133. The van der Waals surface area contributed by atoms with Crippen LogP contribution in [0, 0.1) is 24.4 Å². The van der Waals surface area contributed by atoms with Crippen LogP contribution in [0.15, 0.2) is 30.3 Å². The molecule has 0 saturated heterocycles. The van der Waals surface area contributed by atoms with Crippen LogP contribution in [-0.2, 0) is 6.54 Å². The standard InChI is InChI=1S/C15H13F3N2O/c1-8-2-4-12(17)13(14(8)18)15(21)20-10-3-5-11(16)9(6-10)7-19/h2-6H,7,19H2,1H3,(H,20,21). The van der Waals surface area contributed by atoms with Gasteiger partial charge in [0.1, 0.15) is 23.0 Å². The van der Waals surface area contributed by atoms with Crippen LogP contribution in [0.3, 0.4) is 0 Å². The molecule has 0 bridgehead atoms. The second kappa shape index (κ2) is 5.97. The molecule has 0 atom stereocenters. The van der Waals surface area contributed by atoms with E-state index in [0.29, 0.717) is 0 Å². The Bertz CT molecular complexity index is 702. The third-order valence-corrected chi connectivity index (χ3v) is 3.03. The van der Waals surface area contributed by atoms with Crippen LogP contribution in [0.4, 0.5) is 18.9 Å². The average molecular weight is 294 g/mol. The molecule has 110 valence electrons. The molecule has 2 rings (SSSR count). The predicted octanol–water partition coefficient (Wildman–Crippen LogP) is 3.12. The van der Waals surface area contributed by atoms with Gasteiger partial charge in [0.25, 0.3) is 5.91 Å². The first-order valence-corrected chi connectivity index (χ1v) is 6.18. The molecule has 3 N–H and O–H groups in total. The Kier molecular flexibility index (Phi) is 4.28. The highest BCUT2D eigenvalue weighted by molar-refractivity contribution is 6.04. The zero-order valence-corrected chi connectivity index (χ0v) is 11.2. The van der Waals surface area contributed by atoms with E-state index in [-0.39, 0.29) is 23.4 Å². The van der Waals surface area contributed by atoms with E-state index < -0.39 is 28.9 Å². The predicted molar refractivity (Wildman–Crippen MR) is 73.3 cm³/mol. The Labute approximate surface area is 119 Å². The maximum Gasteiger partial charge on any atom is 0.261 e. The quantitative estimate of drug-likeness (QED) is 0.913. The largest absolute Gasteiger partial charge is 0.326 e. The first kappa shape index (κ1) is 15.1. The van der Waals surface area contributed by atoms with Crippen molar-refractivity contribution in [2.24, 2.45) is 5.73 Å². The molecule has 0 heterocycles. The summed E-state index contributed by atoms with van der Waals surface area (Å²) in [4.78, 5) is 12.0. The Morgan fingerprint density at radius 3 is 2.48 bits per heavy atom. The van der Waals surface area contributed by atoms with E-state index >= 15 is 0 Å². The van der Waals surface area contributed by atoms with Crippen LogP contribution in [0.1, 0.15) is 21.5 Å². The minimum Gasteiger partial charge on any atom is -0.326 e. The van der Waals surface area contributed by atoms with Gasteiger partial charge in [0, 0.05) is 17.8 Å². The number of nitrogens with two attached hydrogens (primary N) is 1. The lowest BCUT2D eigenvalue weighted by Gasteiger charge is -2.10. The molecule has 2 aromatic carbocycles. The van der Waals surface area contributed by atoms with Gasteiger partial charge in [-0.2, -0.15) is 0 Å². The van der Waals surface area contributed by atoms with Crippen molar-refractivity contribution in [3.63, 3.8) is 0 Å². The van der Waals surface area contributed by atoms with Gasteiger partial charge in [0.15, 0.2) is 0 Å². The number of hydrogen-bond acceptors (Lipinski definition) is 2. The molecule has 0 saturated carbocycles. The molecule has 0 aliphatic rings. The summed E-state index contributed by atoms with van der Waals surface area (Å²) in [7, 11) is 0. The van der Waals surface area contributed by atoms with Crippen molar-refractivity contribution in [1.29, 1.82) is 0 Å². The summed E-state index contributed by atoms with van der Waals surface area (Å²) in [5, 5.41) is 2.33. The molecule has 21 heavy (non-hydrogen) atoms. The molecule has 3 nitrogen and oxygen atoms in total. The smallest absolute Gasteiger partial charge is 0.261 e. The maximum absolute atomic E-state index is 13.8. The van der Waals surface area contributed by atoms with E-state index in [2.05, 4.69) is 5.32 Å². The van der Waals surface area contributed by atoms with Gasteiger partial charge in [-0.25, -0.2) is 13.2 Å². The van der Waals surface area contributed by atoms with E-state index in [4.69, 9.17) is 5.73 Å². The summed E-state index contributed by atoms with van der Waals surface area (Å²) < 4.78 is 40.8. The first-order valence-electron chi connectivity index (χ1n) is 6.18. The van der Waals surface area contributed by atoms with Gasteiger partial charge in [0.2, 0.25) is 0 Å². The van der Waals surface area contributed by atoms with E-state index in [1.54, 1.807) is 0 Å². The Morgan fingerprint density at radius 2 is 1.81 bits per heavy atom. The topological polar surface area (TPSA) is 55.1 Å². The molecule has 0 radical (unpaired) electrons. The van der Waals surface area contributed by atoms with Gasteiger partial charge in [-0.1, -0.05) is 6.07 Å². The lowest BCUT2D eigenvalue weighted by Crippen LogP contribution is -2.17. The van der Waals surface area contributed by atoms with Crippen LogP contribution in [0.5, 0.6) is 0 Å². The fourth-order valence-electron chi connectivity index (χ4n) is 1.87. The average Bonchev–Trinajstić information content (AvgIpc) is 2.45. The molecule has 0 fully saturated rings. The second-order valence-electron chi connectivity index (χ2n) is 4.52. The molecule has 2 aromatic rings. The molecule has 0 spiro atoms. The highest BCUT2D eigenvalue weighted by atomic mass is 19.1. The number of anilines is 1. The van der Waals surface area contributed by atoms with Crippen molar-refractivity contribution in [3.05, 3.63) is 64.5 Å². The Balaban J connectivity index is 2.33. The van der Waals surface area contributed by atoms with Crippen LogP contribution >= 0.6 is 0 Å². The summed E-state index contributed by atoms with van der Waals surface area (Å²) in [5.74, 6) is -3.34. The summed E-state index contributed by atoms with van der Waals surface area (Å²) in [6, 6.07) is 5.99. The molecular formula is C15H13F3N2O. The van der Waals surface area contributed by atoms with E-state index in [0.717, 1.165) is 12.1 Å². The molecule has 1 amide bonds. The summed E-state index contributed by atoms with van der Waals surface area (Å²) in [6.07, 6.45) is 0. The second-order valence-corrected chi connectivity index (χ2v) is 4.52. The molecule has 0 unspecified atom stereocenters. The van der Waals surface area contributed by atoms with Crippen molar-refractivity contribution in [3.8, 4) is 0 Å². The van der Waals surface area contributed by atoms with Crippen molar-refractivity contribution < 1.29 is 18.0 Å². The molecule has 0 aromatic heterocycles. The van der Waals surface area contributed by atoms with Gasteiger partial charge in [0.05, 0.1) is 0 Å². The third kappa shape index (κ3) is 3.05. The minimum atomic E-state index is -0.961. The first-order chi connectivity index (χ1) is 9.93. The Morgan fingerprint density at radius 1 is 1.14 bits per heavy atom. The monoisotopic (exact) mass is 294 g/mol. The SMILES string of the molecule is Cc1ccc(F)c(C(=O)Nc2ccc(F)c(CN)c2)c1F. The van der Waals surface area contributed by atoms with Gasteiger partial charge >= 0.3 is 0 Å². The highest BCUT2D eigenvalue weighted by Crippen LogP contribution is 2.19. The van der Waals surface area contributed by atoms with E-state index in [1.165, 1.54) is 25.1 Å². The zero-order chi connectivity index (χ0) is 15.6. The lowest BCUT2D eigenvalue weighted by molar-refractivity contribution is 0.101. The normalized spacial score (nSPS) is 10.5. The van der Waals surface area contributed by atoms with E-state index in [1.807, 2.05) is 0 Å². The maximum atomic E-state index is 13.8. The lowest BCUT2D eigenvalue weighted by atomic mass is 10.1. The molecule has 0 aliphatic heterocycles. The number of amides is 1. The number of hydrogen-bond donors (Lipinski definition) is 2. The number of carbonyl (C=O) groups excluding carboxylic acids is 1. The van der Waals surface area contributed by atoms with Gasteiger partial charge in [-0.3, -0.25) is 4.79 Å². The minimum absolute atomic E-state index is 0.0529. The summed E-state index contributed by atoms with van der Waals surface area (Å²) in [6.45, 7) is 1.37. The zero-order valence-electron chi connectivity index (χ0n) is 11.2. The number of aryl methyl sites for hydroxylation is 1. The van der Waals surface area contributed by atoms with Gasteiger partial charge in [-0.15, -0.1) is 0 Å². The van der Waals surface area contributed by atoms with Gasteiger partial charge < -0.3 is 11.1 Å². The Hall–Kier alpha value is -2.34. The van der Waals surface area contributed by atoms with Crippen LogP contribution in [0.2, 0.25) is 0 Å². The van der Waals surface area contributed by atoms with Crippen molar-refractivity contribution >= 4 is 11.6 Å². The van der Waals surface area contributed by atoms with Crippen molar-refractivity contribution in [1.82, 2.24) is 0 Å². The summed E-state index contributed by atoms with van der Waals surface area (Å²) >= 11 is 0. The van der Waals surface area contributed by atoms with Gasteiger partial charge in [-0.05, 0) is 36.8 Å². The third-order valence-electron chi connectivity index (χ3n) is 3.03. The van der Waals surface area contributed by atoms with Crippen LogP contribution in [-0.4, -0.2) is 5.91 Å².